The molecule has 2 aromatic rings. The smallest absolute Gasteiger partial charge is 0.127 e. The number of hydrogen-bond acceptors (Lipinski definition) is 2. The van der Waals surface area contributed by atoms with E-state index in [1.165, 1.54) is 16.5 Å². The molecule has 3 heteroatoms. The Kier molecular flexibility index (Phi) is 5.62. The van der Waals surface area contributed by atoms with E-state index in [0.29, 0.717) is 11.8 Å². The lowest BCUT2D eigenvalue weighted by Gasteiger charge is -2.13. The Labute approximate surface area is 124 Å². The van der Waals surface area contributed by atoms with Gasteiger partial charge in [-0.05, 0) is 42.8 Å². The molecule has 0 saturated carbocycles. The second-order valence-corrected chi connectivity index (χ2v) is 5.78. The molecule has 0 radical (unpaired) electrons. The normalized spacial score (nSPS) is 12.3. The predicted octanol–water partition coefficient (Wildman–Crippen LogP) is 4.79. The van der Waals surface area contributed by atoms with Crippen LogP contribution in [-0.4, -0.2) is 6.54 Å². The van der Waals surface area contributed by atoms with Crippen molar-refractivity contribution in [1.82, 2.24) is 5.32 Å². The highest BCUT2D eigenvalue weighted by Crippen LogP contribution is 2.26. The molecule has 0 bridgehead atoms. The van der Waals surface area contributed by atoms with Crippen molar-refractivity contribution in [2.24, 2.45) is 0 Å². The molecule has 106 valence electrons. The zero-order valence-electron chi connectivity index (χ0n) is 11.9. The van der Waals surface area contributed by atoms with Crippen LogP contribution in [-0.2, 0) is 5.75 Å². The summed E-state index contributed by atoms with van der Waals surface area (Å²) in [6.07, 6.45) is 0. The quantitative estimate of drug-likeness (QED) is 0.767. The predicted molar refractivity (Wildman–Crippen MR) is 84.5 cm³/mol. The molecule has 0 fully saturated rings. The third-order valence-electron chi connectivity index (χ3n) is 3.22. The minimum Gasteiger partial charge on any atom is -0.310 e. The molecule has 0 amide bonds. The molecule has 0 aliphatic carbocycles. The van der Waals surface area contributed by atoms with Crippen LogP contribution in [0.25, 0.3) is 0 Å². The van der Waals surface area contributed by atoms with E-state index in [1.54, 1.807) is 17.8 Å². The lowest BCUT2D eigenvalue weighted by molar-refractivity contribution is 0.597. The highest BCUT2D eigenvalue weighted by molar-refractivity contribution is 7.98. The zero-order chi connectivity index (χ0) is 14.4. The van der Waals surface area contributed by atoms with Crippen molar-refractivity contribution >= 4 is 11.8 Å². The molecular weight excluding hydrogens is 269 g/mol. The third kappa shape index (κ3) is 4.09. The fourth-order valence-corrected chi connectivity index (χ4v) is 3.02. The molecule has 0 spiro atoms. The van der Waals surface area contributed by atoms with Crippen molar-refractivity contribution in [3.05, 3.63) is 65.5 Å². The van der Waals surface area contributed by atoms with Crippen LogP contribution in [0.15, 0.2) is 53.4 Å². The van der Waals surface area contributed by atoms with Gasteiger partial charge in [-0.3, -0.25) is 0 Å². The van der Waals surface area contributed by atoms with Crippen LogP contribution >= 0.6 is 11.8 Å². The first kappa shape index (κ1) is 15.1. The minimum atomic E-state index is -0.128. The molecule has 2 rings (SSSR count). The topological polar surface area (TPSA) is 12.0 Å². The highest BCUT2D eigenvalue weighted by Gasteiger charge is 2.06. The fraction of sp³-hybridized carbons (Fsp3) is 0.294. The summed E-state index contributed by atoms with van der Waals surface area (Å²) in [5, 5.41) is 3.40. The molecule has 0 aliphatic heterocycles. The summed E-state index contributed by atoms with van der Waals surface area (Å²) in [5.74, 6) is 0.531. The molecule has 0 heterocycles. The maximum absolute atomic E-state index is 13.6. The first-order valence-corrected chi connectivity index (χ1v) is 7.89. The molecule has 1 atom stereocenters. The molecular formula is C17H20FNS. The van der Waals surface area contributed by atoms with Gasteiger partial charge in [0.25, 0.3) is 0 Å². The van der Waals surface area contributed by atoms with Gasteiger partial charge in [0, 0.05) is 16.7 Å². The van der Waals surface area contributed by atoms with E-state index < -0.39 is 0 Å². The van der Waals surface area contributed by atoms with Crippen molar-refractivity contribution in [3.63, 3.8) is 0 Å². The SMILES string of the molecule is CCNC(C)c1cccc(SCc2ccccc2F)c1. The van der Waals surface area contributed by atoms with Gasteiger partial charge in [0.05, 0.1) is 0 Å². The standard InChI is InChI=1S/C17H20FNS/c1-3-19-13(2)14-8-6-9-16(11-14)20-12-15-7-4-5-10-17(15)18/h4-11,13,19H,3,12H2,1-2H3. The molecule has 0 saturated heterocycles. The molecule has 2 aromatic carbocycles. The number of benzene rings is 2. The van der Waals surface area contributed by atoms with Gasteiger partial charge in [0.1, 0.15) is 5.82 Å². The summed E-state index contributed by atoms with van der Waals surface area (Å²) in [4.78, 5) is 1.18. The molecule has 1 unspecified atom stereocenters. The number of nitrogens with one attached hydrogen (secondary N) is 1. The second kappa shape index (κ2) is 7.46. The Morgan fingerprint density at radius 1 is 1.15 bits per heavy atom. The molecule has 20 heavy (non-hydrogen) atoms. The lowest BCUT2D eigenvalue weighted by Crippen LogP contribution is -2.17. The Morgan fingerprint density at radius 2 is 1.95 bits per heavy atom. The van der Waals surface area contributed by atoms with E-state index in [-0.39, 0.29) is 5.82 Å². The van der Waals surface area contributed by atoms with Gasteiger partial charge in [-0.1, -0.05) is 37.3 Å². The average Bonchev–Trinajstić information content (AvgIpc) is 2.47. The number of rotatable bonds is 6. The van der Waals surface area contributed by atoms with Crippen LogP contribution in [0.2, 0.25) is 0 Å². The Hall–Kier alpha value is -1.32. The monoisotopic (exact) mass is 289 g/mol. The van der Waals surface area contributed by atoms with E-state index in [9.17, 15) is 4.39 Å². The Bertz CT molecular complexity index is 556. The van der Waals surface area contributed by atoms with Crippen LogP contribution in [0, 0.1) is 5.82 Å². The van der Waals surface area contributed by atoms with Gasteiger partial charge >= 0.3 is 0 Å². The van der Waals surface area contributed by atoms with E-state index in [1.807, 2.05) is 12.1 Å². The molecule has 1 nitrogen and oxygen atoms in total. The van der Waals surface area contributed by atoms with E-state index >= 15 is 0 Å². The summed E-state index contributed by atoms with van der Waals surface area (Å²) in [6.45, 7) is 5.21. The van der Waals surface area contributed by atoms with E-state index in [0.717, 1.165) is 12.1 Å². The van der Waals surface area contributed by atoms with Gasteiger partial charge < -0.3 is 5.32 Å². The molecule has 1 N–H and O–H groups in total. The van der Waals surface area contributed by atoms with E-state index in [2.05, 4.69) is 43.4 Å². The largest absolute Gasteiger partial charge is 0.310 e. The van der Waals surface area contributed by atoms with Crippen molar-refractivity contribution in [2.45, 2.75) is 30.5 Å². The van der Waals surface area contributed by atoms with Gasteiger partial charge in [-0.25, -0.2) is 4.39 Å². The summed E-state index contributed by atoms with van der Waals surface area (Å²) >= 11 is 1.67. The summed E-state index contributed by atoms with van der Waals surface area (Å²) in [5.41, 5.74) is 2.02. The first-order chi connectivity index (χ1) is 9.70. The highest BCUT2D eigenvalue weighted by atomic mass is 32.2. The first-order valence-electron chi connectivity index (χ1n) is 6.90. The summed E-state index contributed by atoms with van der Waals surface area (Å²) in [7, 11) is 0. The van der Waals surface area contributed by atoms with Crippen LogP contribution in [0.5, 0.6) is 0 Å². The third-order valence-corrected chi connectivity index (χ3v) is 4.26. The van der Waals surface area contributed by atoms with Gasteiger partial charge in [0.15, 0.2) is 0 Å². The number of thioether (sulfide) groups is 1. The van der Waals surface area contributed by atoms with Crippen LogP contribution in [0.1, 0.15) is 31.0 Å². The van der Waals surface area contributed by atoms with Gasteiger partial charge in [0.2, 0.25) is 0 Å². The van der Waals surface area contributed by atoms with Crippen molar-refractivity contribution in [1.29, 1.82) is 0 Å². The second-order valence-electron chi connectivity index (χ2n) is 4.73. The lowest BCUT2D eigenvalue weighted by atomic mass is 10.1. The summed E-state index contributed by atoms with van der Waals surface area (Å²) in [6, 6.07) is 15.7. The number of hydrogen-bond donors (Lipinski definition) is 1. The van der Waals surface area contributed by atoms with Gasteiger partial charge in [-0.2, -0.15) is 0 Å². The van der Waals surface area contributed by atoms with Crippen molar-refractivity contribution in [3.8, 4) is 0 Å². The summed E-state index contributed by atoms with van der Waals surface area (Å²) < 4.78 is 13.6. The van der Waals surface area contributed by atoms with Crippen LogP contribution in [0.3, 0.4) is 0 Å². The molecule has 0 aromatic heterocycles. The van der Waals surface area contributed by atoms with Crippen molar-refractivity contribution < 1.29 is 4.39 Å². The van der Waals surface area contributed by atoms with Gasteiger partial charge in [-0.15, -0.1) is 11.8 Å². The van der Waals surface area contributed by atoms with E-state index in [4.69, 9.17) is 0 Å². The Morgan fingerprint density at radius 3 is 2.70 bits per heavy atom. The molecule has 0 aliphatic rings. The van der Waals surface area contributed by atoms with Crippen LogP contribution < -0.4 is 5.32 Å². The zero-order valence-corrected chi connectivity index (χ0v) is 12.7. The average molecular weight is 289 g/mol. The maximum atomic E-state index is 13.6. The number of halogens is 1. The minimum absolute atomic E-state index is 0.128. The van der Waals surface area contributed by atoms with Crippen LogP contribution in [0.4, 0.5) is 4.39 Å². The van der Waals surface area contributed by atoms with Crippen molar-refractivity contribution in [2.75, 3.05) is 6.54 Å². The Balaban J connectivity index is 2.03. The maximum Gasteiger partial charge on any atom is 0.127 e. The fourth-order valence-electron chi connectivity index (χ4n) is 2.07.